The molecule has 0 N–H and O–H groups in total. The number of hydrogen-bond donors (Lipinski definition) is 0. The van der Waals surface area contributed by atoms with Gasteiger partial charge >= 0.3 is 0 Å². The van der Waals surface area contributed by atoms with E-state index in [0.29, 0.717) is 18.0 Å². The topological polar surface area (TPSA) is 49.4 Å². The first-order valence-corrected chi connectivity index (χ1v) is 6.11. The Morgan fingerprint density at radius 2 is 1.89 bits per heavy atom. The smallest absolute Gasteiger partial charge is 0.230 e. The lowest BCUT2D eigenvalue weighted by molar-refractivity contribution is 0.632. The van der Waals surface area contributed by atoms with E-state index >= 15 is 0 Å². The molecule has 1 unspecified atom stereocenters. The number of amidine groups is 1. The molecule has 0 fully saturated rings. The highest BCUT2D eigenvalue weighted by Crippen LogP contribution is 2.29. The second-order valence-electron chi connectivity index (χ2n) is 3.94. The fourth-order valence-electron chi connectivity index (χ4n) is 1.81. The molecular weight excluding hydrogens is 271 g/mol. The molecule has 1 aromatic carbocycles. The molecule has 0 saturated carbocycles. The van der Waals surface area contributed by atoms with E-state index < -0.39 is 5.12 Å². The van der Waals surface area contributed by atoms with Gasteiger partial charge in [-0.25, -0.2) is 20.0 Å². The second kappa shape index (κ2) is 4.30. The molecule has 0 aromatic heterocycles. The molecule has 0 saturated heterocycles. The van der Waals surface area contributed by atoms with Gasteiger partial charge in [-0.3, -0.25) is 0 Å². The Balaban J connectivity index is 1.94. The number of rotatable bonds is 2. The lowest BCUT2D eigenvalue weighted by Gasteiger charge is -2.22. The van der Waals surface area contributed by atoms with E-state index in [1.54, 1.807) is 0 Å². The van der Waals surface area contributed by atoms with E-state index in [0.717, 1.165) is 5.56 Å². The van der Waals surface area contributed by atoms with Crippen molar-refractivity contribution in [2.75, 3.05) is 0 Å². The van der Waals surface area contributed by atoms with Crippen LogP contribution < -0.4 is 0 Å². The molecule has 0 aliphatic carbocycles. The molecular formula is C12H8Cl2N4. The molecule has 4 nitrogen and oxygen atoms in total. The van der Waals surface area contributed by atoms with E-state index in [-0.39, 0.29) is 5.17 Å². The first kappa shape index (κ1) is 11.6. The summed E-state index contributed by atoms with van der Waals surface area (Å²) in [5.41, 5.74) is 1.52. The fraction of sp³-hybridized carbons (Fsp3) is 0.167. The first-order valence-electron chi connectivity index (χ1n) is 5.35. The predicted octanol–water partition coefficient (Wildman–Crippen LogP) is 2.65. The molecule has 0 spiro atoms. The van der Waals surface area contributed by atoms with Crippen LogP contribution in [0.2, 0.25) is 0 Å². The molecule has 0 bridgehead atoms. The van der Waals surface area contributed by atoms with Crippen LogP contribution in [0.15, 0.2) is 50.3 Å². The summed E-state index contributed by atoms with van der Waals surface area (Å²) in [5, 5.41) is -0.877. The van der Waals surface area contributed by atoms with Crippen LogP contribution in [0.25, 0.3) is 0 Å². The van der Waals surface area contributed by atoms with Gasteiger partial charge in [-0.05, 0) is 5.56 Å². The lowest BCUT2D eigenvalue weighted by atomic mass is 10.1. The third-order valence-electron chi connectivity index (χ3n) is 2.59. The van der Waals surface area contributed by atoms with Crippen LogP contribution in [0, 0.1) is 0 Å². The zero-order valence-corrected chi connectivity index (χ0v) is 10.7. The maximum absolute atomic E-state index is 6.38. The Morgan fingerprint density at radius 3 is 2.67 bits per heavy atom. The molecule has 1 atom stereocenters. The van der Waals surface area contributed by atoms with Gasteiger partial charge in [-0.1, -0.05) is 53.5 Å². The van der Waals surface area contributed by atoms with E-state index in [4.69, 9.17) is 23.2 Å². The van der Waals surface area contributed by atoms with Crippen molar-refractivity contribution >= 4 is 46.3 Å². The maximum atomic E-state index is 6.38. The van der Waals surface area contributed by atoms with Gasteiger partial charge in [0.05, 0.1) is 0 Å². The van der Waals surface area contributed by atoms with Crippen molar-refractivity contribution in [3.8, 4) is 0 Å². The number of hydrogen-bond acceptors (Lipinski definition) is 4. The highest BCUT2D eigenvalue weighted by Gasteiger charge is 2.35. The van der Waals surface area contributed by atoms with Crippen LogP contribution >= 0.6 is 23.2 Å². The van der Waals surface area contributed by atoms with E-state index in [1.807, 2.05) is 30.3 Å². The number of benzene rings is 1. The summed E-state index contributed by atoms with van der Waals surface area (Å²) >= 11 is 12.4. The highest BCUT2D eigenvalue weighted by molar-refractivity contribution is 6.94. The number of fused-ring (bicyclic) bond motifs is 1. The van der Waals surface area contributed by atoms with Gasteiger partial charge in [-0.2, -0.15) is 0 Å². The Labute approximate surface area is 114 Å². The van der Waals surface area contributed by atoms with Crippen molar-refractivity contribution in [2.24, 2.45) is 20.0 Å². The molecule has 0 amide bonds. The Kier molecular flexibility index (Phi) is 2.76. The standard InChI is InChI=1S/C12H8Cl2N4/c13-10-9-11(16-7-15-9)18-12(14,17-10)6-8-4-2-1-3-5-8/h1-5,7H,6H2. The average Bonchev–Trinajstić information content (AvgIpc) is 2.77. The van der Waals surface area contributed by atoms with Gasteiger partial charge < -0.3 is 0 Å². The summed E-state index contributed by atoms with van der Waals surface area (Å²) in [6.07, 6.45) is 1.86. The van der Waals surface area contributed by atoms with Crippen molar-refractivity contribution in [3.05, 3.63) is 35.9 Å². The molecule has 0 radical (unpaired) electrons. The summed E-state index contributed by atoms with van der Waals surface area (Å²) in [7, 11) is 0. The zero-order chi connectivity index (χ0) is 12.6. The summed E-state index contributed by atoms with van der Waals surface area (Å²) < 4.78 is 0. The van der Waals surface area contributed by atoms with Crippen molar-refractivity contribution in [1.82, 2.24) is 0 Å². The van der Waals surface area contributed by atoms with Crippen molar-refractivity contribution in [1.29, 1.82) is 0 Å². The molecule has 18 heavy (non-hydrogen) atoms. The molecule has 6 heteroatoms. The maximum Gasteiger partial charge on any atom is 0.233 e. The Bertz CT molecular complexity index is 604. The predicted molar refractivity (Wildman–Crippen MR) is 75.4 cm³/mol. The monoisotopic (exact) mass is 278 g/mol. The minimum absolute atomic E-state index is 0.253. The minimum Gasteiger partial charge on any atom is -0.230 e. The highest BCUT2D eigenvalue weighted by atomic mass is 35.5. The van der Waals surface area contributed by atoms with Crippen LogP contribution in [-0.4, -0.2) is 28.2 Å². The third-order valence-corrected chi connectivity index (χ3v) is 3.16. The average molecular weight is 279 g/mol. The normalized spacial score (nSPS) is 25.3. The van der Waals surface area contributed by atoms with Gasteiger partial charge in [0.25, 0.3) is 0 Å². The summed E-state index contributed by atoms with van der Waals surface area (Å²) in [4.78, 5) is 16.5. The summed E-state index contributed by atoms with van der Waals surface area (Å²) in [6.45, 7) is 0. The van der Waals surface area contributed by atoms with Gasteiger partial charge in [0, 0.05) is 6.42 Å². The SMILES string of the molecule is ClC1=NC(Cl)(Cc2ccccc2)N=C2N=CN=C12. The lowest BCUT2D eigenvalue weighted by Crippen LogP contribution is -2.32. The van der Waals surface area contributed by atoms with Gasteiger partial charge in [0.2, 0.25) is 5.12 Å². The van der Waals surface area contributed by atoms with E-state index in [2.05, 4.69) is 20.0 Å². The van der Waals surface area contributed by atoms with Gasteiger partial charge in [-0.15, -0.1) is 0 Å². The van der Waals surface area contributed by atoms with Gasteiger partial charge in [0.1, 0.15) is 12.1 Å². The quantitative estimate of drug-likeness (QED) is 0.590. The molecule has 2 aliphatic rings. The summed E-state index contributed by atoms with van der Waals surface area (Å²) in [5.74, 6) is 0.445. The van der Waals surface area contributed by atoms with Crippen molar-refractivity contribution < 1.29 is 0 Å². The molecule has 3 rings (SSSR count). The molecule has 2 aliphatic heterocycles. The van der Waals surface area contributed by atoms with Crippen molar-refractivity contribution in [2.45, 2.75) is 11.5 Å². The molecule has 90 valence electrons. The first-order chi connectivity index (χ1) is 8.66. The van der Waals surface area contributed by atoms with Crippen LogP contribution in [-0.2, 0) is 6.42 Å². The van der Waals surface area contributed by atoms with Gasteiger partial charge in [0.15, 0.2) is 11.0 Å². The largest absolute Gasteiger partial charge is 0.233 e. The van der Waals surface area contributed by atoms with Crippen LogP contribution in [0.4, 0.5) is 0 Å². The summed E-state index contributed by atoms with van der Waals surface area (Å²) in [6, 6.07) is 9.76. The Morgan fingerprint density at radius 1 is 1.11 bits per heavy atom. The molecule has 2 heterocycles. The number of halogens is 2. The minimum atomic E-state index is -1.13. The second-order valence-corrected chi connectivity index (χ2v) is 4.90. The van der Waals surface area contributed by atoms with Crippen molar-refractivity contribution in [3.63, 3.8) is 0 Å². The zero-order valence-electron chi connectivity index (χ0n) is 9.22. The third kappa shape index (κ3) is 2.09. The number of nitrogens with zero attached hydrogens (tertiary/aromatic N) is 4. The van der Waals surface area contributed by atoms with E-state index in [1.165, 1.54) is 6.34 Å². The Hall–Kier alpha value is -1.52. The van der Waals surface area contributed by atoms with Crippen LogP contribution in [0.1, 0.15) is 5.56 Å². The van der Waals surface area contributed by atoms with E-state index in [9.17, 15) is 0 Å². The van der Waals surface area contributed by atoms with Crippen LogP contribution in [0.3, 0.4) is 0 Å². The molecule has 1 aromatic rings. The van der Waals surface area contributed by atoms with Crippen LogP contribution in [0.5, 0.6) is 0 Å². The number of alkyl halides is 1. The number of aliphatic imine (C=N–C) groups is 4. The fourth-order valence-corrected chi connectivity index (χ4v) is 2.45.